The molecule has 0 atom stereocenters. The van der Waals surface area contributed by atoms with Gasteiger partial charge in [-0.25, -0.2) is 0 Å². The minimum atomic E-state index is -0.368. The van der Waals surface area contributed by atoms with Crippen LogP contribution in [0.3, 0.4) is 0 Å². The maximum atomic E-state index is 12.2. The summed E-state index contributed by atoms with van der Waals surface area (Å²) in [6.07, 6.45) is 9.55. The predicted molar refractivity (Wildman–Crippen MR) is 73.4 cm³/mol. The molecule has 1 amide bonds. The molecule has 20 heavy (non-hydrogen) atoms. The molecule has 2 aliphatic heterocycles. The fraction of sp³-hybridized carbons (Fsp3) is 0.467. The number of carbonyl (C=O) groups excluding carboxylic acids is 1. The molecule has 5 heteroatoms. The van der Waals surface area contributed by atoms with Crippen molar-refractivity contribution in [1.29, 1.82) is 0 Å². The Balaban J connectivity index is 1.51. The van der Waals surface area contributed by atoms with Crippen molar-refractivity contribution in [3.8, 4) is 12.3 Å². The first-order chi connectivity index (χ1) is 9.72. The molecule has 1 aromatic heterocycles. The predicted octanol–water partition coefficient (Wildman–Crippen LogP) is 2.28. The van der Waals surface area contributed by atoms with Crippen LogP contribution >= 0.6 is 0 Å². The topological polar surface area (TPSA) is 57.9 Å². The summed E-state index contributed by atoms with van der Waals surface area (Å²) in [6.45, 7) is 1.27. The van der Waals surface area contributed by atoms with Gasteiger partial charge in [-0.1, -0.05) is 6.07 Å². The van der Waals surface area contributed by atoms with Gasteiger partial charge in [-0.15, -0.1) is 12.3 Å². The van der Waals surface area contributed by atoms with E-state index in [4.69, 9.17) is 6.42 Å². The van der Waals surface area contributed by atoms with E-state index in [-0.39, 0.29) is 11.6 Å². The van der Waals surface area contributed by atoms with Crippen LogP contribution in [0.5, 0.6) is 0 Å². The van der Waals surface area contributed by atoms with Crippen LogP contribution in [0.1, 0.15) is 36.9 Å². The van der Waals surface area contributed by atoms with Crippen molar-refractivity contribution in [2.75, 3.05) is 0 Å². The Morgan fingerprint density at radius 2 is 2.25 bits per heavy atom. The first-order valence-electron chi connectivity index (χ1n) is 6.80. The molecule has 3 heterocycles. The van der Waals surface area contributed by atoms with Crippen molar-refractivity contribution in [2.24, 2.45) is 10.2 Å². The van der Waals surface area contributed by atoms with Crippen LogP contribution in [0.25, 0.3) is 0 Å². The maximum Gasteiger partial charge on any atom is 0.223 e. The number of pyridine rings is 1. The van der Waals surface area contributed by atoms with Gasteiger partial charge in [0, 0.05) is 38.4 Å². The first-order valence-corrected chi connectivity index (χ1v) is 6.80. The van der Waals surface area contributed by atoms with Crippen LogP contribution in [0.2, 0.25) is 0 Å². The highest BCUT2D eigenvalue weighted by atomic mass is 16.2. The molecule has 0 aliphatic carbocycles. The van der Waals surface area contributed by atoms with Gasteiger partial charge in [0.25, 0.3) is 0 Å². The highest BCUT2D eigenvalue weighted by Gasteiger charge is 2.39. The van der Waals surface area contributed by atoms with E-state index in [9.17, 15) is 4.79 Å². The molecule has 0 N–H and O–H groups in total. The lowest BCUT2D eigenvalue weighted by Crippen LogP contribution is -2.26. The summed E-state index contributed by atoms with van der Waals surface area (Å²) in [6, 6.07) is 3.93. The second-order valence-electron chi connectivity index (χ2n) is 5.25. The fourth-order valence-corrected chi connectivity index (χ4v) is 2.51. The van der Waals surface area contributed by atoms with Gasteiger partial charge in [0.05, 0.1) is 12.2 Å². The third-order valence-corrected chi connectivity index (χ3v) is 3.83. The lowest BCUT2D eigenvalue weighted by atomic mass is 10.0. The molecule has 102 valence electrons. The Kier molecular flexibility index (Phi) is 3.23. The number of terminal acetylenes is 1. The van der Waals surface area contributed by atoms with Gasteiger partial charge in [-0.2, -0.15) is 10.2 Å². The average Bonchev–Trinajstić information content (AvgIpc) is 3.11. The van der Waals surface area contributed by atoms with Gasteiger partial charge in [0.15, 0.2) is 5.66 Å². The Hall–Kier alpha value is -2.22. The first kappa shape index (κ1) is 12.8. The van der Waals surface area contributed by atoms with E-state index in [1.807, 2.05) is 17.0 Å². The van der Waals surface area contributed by atoms with Gasteiger partial charge >= 0.3 is 0 Å². The number of fused-ring (bicyclic) bond motifs is 1. The van der Waals surface area contributed by atoms with E-state index in [2.05, 4.69) is 21.1 Å². The van der Waals surface area contributed by atoms with Crippen molar-refractivity contribution in [3.05, 3.63) is 29.6 Å². The third kappa shape index (κ3) is 2.55. The zero-order valence-corrected chi connectivity index (χ0v) is 11.2. The molecule has 0 unspecified atom stereocenters. The molecule has 0 spiro atoms. The van der Waals surface area contributed by atoms with Gasteiger partial charge in [-0.3, -0.25) is 9.78 Å². The number of aromatic nitrogens is 1. The number of hydrogen-bond donors (Lipinski definition) is 0. The van der Waals surface area contributed by atoms with Crippen molar-refractivity contribution in [3.63, 3.8) is 0 Å². The van der Waals surface area contributed by atoms with Crippen LogP contribution in [-0.2, 0) is 17.9 Å². The molecule has 3 rings (SSSR count). The van der Waals surface area contributed by atoms with E-state index in [0.29, 0.717) is 32.4 Å². The monoisotopic (exact) mass is 268 g/mol. The van der Waals surface area contributed by atoms with E-state index in [0.717, 1.165) is 17.7 Å². The standard InChI is InChI=1S/C15H16N4O/c1-2-3-7-15(17-18-15)8-6-14(20)19-10-12-5-4-9-16-13(12)11-19/h1,4-5,9H,3,6-8,10-11H2. The number of nitrogens with zero attached hydrogens (tertiary/aromatic N) is 4. The molecule has 0 saturated heterocycles. The van der Waals surface area contributed by atoms with E-state index >= 15 is 0 Å². The lowest BCUT2D eigenvalue weighted by Gasteiger charge is -2.16. The van der Waals surface area contributed by atoms with Crippen molar-refractivity contribution >= 4 is 5.91 Å². The summed E-state index contributed by atoms with van der Waals surface area (Å²) >= 11 is 0. The fourth-order valence-electron chi connectivity index (χ4n) is 2.51. The minimum absolute atomic E-state index is 0.139. The second kappa shape index (κ2) is 5.04. The Bertz CT molecular complexity index is 571. The molecule has 5 nitrogen and oxygen atoms in total. The largest absolute Gasteiger partial charge is 0.332 e. The molecular formula is C15H16N4O. The average molecular weight is 268 g/mol. The summed E-state index contributed by atoms with van der Waals surface area (Å²) < 4.78 is 0. The molecule has 2 aliphatic rings. The molecule has 0 saturated carbocycles. The molecule has 1 aromatic rings. The number of amides is 1. The maximum absolute atomic E-state index is 12.2. The van der Waals surface area contributed by atoms with Crippen LogP contribution < -0.4 is 0 Å². The summed E-state index contributed by atoms with van der Waals surface area (Å²) in [5, 5.41) is 8.11. The molecular weight excluding hydrogens is 252 g/mol. The van der Waals surface area contributed by atoms with Crippen molar-refractivity contribution in [2.45, 2.75) is 44.4 Å². The van der Waals surface area contributed by atoms with Gasteiger partial charge in [0.2, 0.25) is 5.91 Å². The van der Waals surface area contributed by atoms with Crippen LogP contribution in [0.15, 0.2) is 28.6 Å². The van der Waals surface area contributed by atoms with Crippen molar-refractivity contribution in [1.82, 2.24) is 9.88 Å². The van der Waals surface area contributed by atoms with Crippen LogP contribution in [-0.4, -0.2) is 21.5 Å². The van der Waals surface area contributed by atoms with E-state index < -0.39 is 0 Å². The van der Waals surface area contributed by atoms with Crippen LogP contribution in [0, 0.1) is 12.3 Å². The van der Waals surface area contributed by atoms with Crippen LogP contribution in [0.4, 0.5) is 0 Å². The number of hydrogen-bond acceptors (Lipinski definition) is 4. The number of carbonyl (C=O) groups is 1. The highest BCUT2D eigenvalue weighted by Crippen LogP contribution is 2.38. The van der Waals surface area contributed by atoms with E-state index in [1.165, 1.54) is 0 Å². The highest BCUT2D eigenvalue weighted by molar-refractivity contribution is 5.77. The Labute approximate surface area is 118 Å². The molecule has 0 bridgehead atoms. The smallest absolute Gasteiger partial charge is 0.223 e. The quantitative estimate of drug-likeness (QED) is 0.769. The summed E-state index contributed by atoms with van der Waals surface area (Å²) in [7, 11) is 0. The summed E-state index contributed by atoms with van der Waals surface area (Å²) in [5.41, 5.74) is 1.78. The molecule has 0 aromatic carbocycles. The Morgan fingerprint density at radius 1 is 1.40 bits per heavy atom. The van der Waals surface area contributed by atoms with Gasteiger partial charge < -0.3 is 4.90 Å². The van der Waals surface area contributed by atoms with Gasteiger partial charge in [0.1, 0.15) is 0 Å². The minimum Gasteiger partial charge on any atom is -0.332 e. The Morgan fingerprint density at radius 3 is 2.95 bits per heavy atom. The normalized spacial score (nSPS) is 17.6. The second-order valence-corrected chi connectivity index (χ2v) is 5.25. The molecule has 0 radical (unpaired) electrons. The summed E-state index contributed by atoms with van der Waals surface area (Å²) in [4.78, 5) is 18.4. The zero-order valence-electron chi connectivity index (χ0n) is 11.2. The molecule has 0 fully saturated rings. The summed E-state index contributed by atoms with van der Waals surface area (Å²) in [5.74, 6) is 2.73. The van der Waals surface area contributed by atoms with E-state index in [1.54, 1.807) is 6.20 Å². The van der Waals surface area contributed by atoms with Gasteiger partial charge in [-0.05, 0) is 11.6 Å². The lowest BCUT2D eigenvalue weighted by molar-refractivity contribution is -0.132. The SMILES string of the molecule is C#CCCC1(CCC(=O)N2Cc3cccnc3C2)N=N1. The third-order valence-electron chi connectivity index (χ3n) is 3.83. The number of rotatable bonds is 5. The zero-order chi connectivity index (χ0) is 14.0. The van der Waals surface area contributed by atoms with Crippen molar-refractivity contribution < 1.29 is 4.79 Å².